The van der Waals surface area contributed by atoms with E-state index in [0.29, 0.717) is 17.3 Å². The Kier molecular flexibility index (Phi) is 7.32. The van der Waals surface area contributed by atoms with Crippen LogP contribution in [-0.2, 0) is 14.8 Å². The van der Waals surface area contributed by atoms with Crippen LogP contribution >= 0.6 is 11.6 Å². The van der Waals surface area contributed by atoms with Gasteiger partial charge in [0.05, 0.1) is 11.9 Å². The van der Waals surface area contributed by atoms with Crippen molar-refractivity contribution >= 4 is 33.2 Å². The van der Waals surface area contributed by atoms with Crippen LogP contribution in [0.4, 0.5) is 5.69 Å². The molecule has 1 aliphatic heterocycles. The molecule has 146 valence electrons. The molecule has 1 heterocycles. The zero-order valence-electron chi connectivity index (χ0n) is 15.7. The van der Waals surface area contributed by atoms with E-state index >= 15 is 0 Å². The number of nitrogens with zero attached hydrogens (tertiary/aromatic N) is 2. The summed E-state index contributed by atoms with van der Waals surface area (Å²) in [7, 11) is -3.64. The van der Waals surface area contributed by atoms with E-state index in [-0.39, 0.29) is 5.91 Å². The number of piperidine rings is 1. The van der Waals surface area contributed by atoms with E-state index < -0.39 is 16.1 Å². The van der Waals surface area contributed by atoms with Crippen LogP contribution in [0.25, 0.3) is 0 Å². The summed E-state index contributed by atoms with van der Waals surface area (Å²) in [6, 6.07) is 4.17. The molecule has 1 N–H and O–H groups in total. The van der Waals surface area contributed by atoms with Crippen LogP contribution in [0.2, 0.25) is 5.02 Å². The van der Waals surface area contributed by atoms with Crippen molar-refractivity contribution < 1.29 is 13.2 Å². The Morgan fingerprint density at radius 1 is 1.31 bits per heavy atom. The third kappa shape index (κ3) is 5.59. The summed E-state index contributed by atoms with van der Waals surface area (Å²) in [5, 5.41) is 3.29. The fourth-order valence-electron chi connectivity index (χ4n) is 3.27. The molecule has 0 bridgehead atoms. The first-order chi connectivity index (χ1) is 12.2. The molecule has 26 heavy (non-hydrogen) atoms. The largest absolute Gasteiger partial charge is 0.353 e. The number of nitrogens with one attached hydrogen (secondary N) is 1. The van der Waals surface area contributed by atoms with E-state index in [4.69, 9.17) is 11.6 Å². The van der Waals surface area contributed by atoms with Gasteiger partial charge < -0.3 is 10.2 Å². The quantitative estimate of drug-likeness (QED) is 0.761. The van der Waals surface area contributed by atoms with Crippen LogP contribution < -0.4 is 9.62 Å². The average molecular weight is 402 g/mol. The normalized spacial score (nSPS) is 16.9. The fourth-order valence-corrected chi connectivity index (χ4v) is 4.66. The van der Waals surface area contributed by atoms with E-state index in [1.165, 1.54) is 19.3 Å². The van der Waals surface area contributed by atoms with E-state index in [1.54, 1.807) is 32.0 Å². The van der Waals surface area contributed by atoms with Crippen molar-refractivity contribution in [3.63, 3.8) is 0 Å². The lowest BCUT2D eigenvalue weighted by molar-refractivity contribution is -0.121. The van der Waals surface area contributed by atoms with Gasteiger partial charge in [0, 0.05) is 18.1 Å². The first-order valence-corrected chi connectivity index (χ1v) is 11.2. The van der Waals surface area contributed by atoms with E-state index in [0.717, 1.165) is 35.8 Å². The van der Waals surface area contributed by atoms with Crippen molar-refractivity contribution in [2.75, 3.05) is 36.7 Å². The number of carbonyl (C=O) groups excluding carboxylic acids is 1. The van der Waals surface area contributed by atoms with Gasteiger partial charge in [-0.3, -0.25) is 9.10 Å². The molecule has 0 aromatic heterocycles. The smallest absolute Gasteiger partial charge is 0.243 e. The summed E-state index contributed by atoms with van der Waals surface area (Å²) in [4.78, 5) is 14.9. The van der Waals surface area contributed by atoms with Gasteiger partial charge in [-0.25, -0.2) is 8.42 Å². The Hall–Kier alpha value is -1.31. The van der Waals surface area contributed by atoms with Crippen molar-refractivity contribution in [3.05, 3.63) is 28.8 Å². The Morgan fingerprint density at radius 2 is 1.96 bits per heavy atom. The average Bonchev–Trinajstić information content (AvgIpc) is 2.57. The summed E-state index contributed by atoms with van der Waals surface area (Å²) in [5.74, 6) is -0.313. The highest BCUT2D eigenvalue weighted by Crippen LogP contribution is 2.28. The molecule has 0 radical (unpaired) electrons. The molecule has 1 unspecified atom stereocenters. The number of aryl methyl sites for hydroxylation is 1. The predicted octanol–water partition coefficient (Wildman–Crippen LogP) is 2.41. The van der Waals surface area contributed by atoms with Gasteiger partial charge in [-0.2, -0.15) is 0 Å². The van der Waals surface area contributed by atoms with Crippen LogP contribution in [0.5, 0.6) is 0 Å². The van der Waals surface area contributed by atoms with Crippen LogP contribution in [0.15, 0.2) is 18.2 Å². The summed E-state index contributed by atoms with van der Waals surface area (Å²) < 4.78 is 25.9. The maximum Gasteiger partial charge on any atom is 0.243 e. The number of amides is 1. The van der Waals surface area contributed by atoms with Crippen LogP contribution in [-0.4, -0.2) is 57.7 Å². The minimum Gasteiger partial charge on any atom is -0.353 e. The van der Waals surface area contributed by atoms with E-state index in [9.17, 15) is 13.2 Å². The second-order valence-corrected chi connectivity index (χ2v) is 9.15. The summed E-state index contributed by atoms with van der Waals surface area (Å²) in [6.45, 7) is 6.80. The maximum absolute atomic E-state index is 12.6. The number of carbonyl (C=O) groups is 1. The zero-order chi connectivity index (χ0) is 19.3. The molecular formula is C18H28ClN3O3S. The molecule has 1 aromatic carbocycles. The first kappa shape index (κ1) is 21.0. The Morgan fingerprint density at radius 3 is 2.58 bits per heavy atom. The highest BCUT2D eigenvalue weighted by molar-refractivity contribution is 7.92. The van der Waals surface area contributed by atoms with Crippen molar-refractivity contribution in [3.8, 4) is 0 Å². The van der Waals surface area contributed by atoms with Crippen LogP contribution in [0.1, 0.15) is 31.7 Å². The molecule has 0 saturated carbocycles. The molecule has 1 fully saturated rings. The zero-order valence-corrected chi connectivity index (χ0v) is 17.2. The van der Waals surface area contributed by atoms with Gasteiger partial charge in [-0.15, -0.1) is 0 Å². The van der Waals surface area contributed by atoms with Crippen LogP contribution in [0, 0.1) is 6.92 Å². The minimum absolute atomic E-state index is 0.313. The number of anilines is 1. The molecule has 1 atom stereocenters. The molecule has 2 rings (SSSR count). The summed E-state index contributed by atoms with van der Waals surface area (Å²) >= 11 is 6.04. The van der Waals surface area contributed by atoms with Crippen LogP contribution in [0.3, 0.4) is 0 Å². The maximum atomic E-state index is 12.6. The molecule has 1 saturated heterocycles. The molecule has 0 spiro atoms. The summed E-state index contributed by atoms with van der Waals surface area (Å²) in [5.41, 5.74) is 1.17. The number of hydrogen-bond acceptors (Lipinski definition) is 4. The van der Waals surface area contributed by atoms with Gasteiger partial charge >= 0.3 is 0 Å². The third-order valence-electron chi connectivity index (χ3n) is 4.67. The lowest BCUT2D eigenvalue weighted by Gasteiger charge is -2.30. The van der Waals surface area contributed by atoms with Crippen molar-refractivity contribution in [1.82, 2.24) is 10.2 Å². The predicted molar refractivity (Wildman–Crippen MR) is 106 cm³/mol. The second kappa shape index (κ2) is 9.06. The number of rotatable bonds is 7. The highest BCUT2D eigenvalue weighted by Gasteiger charge is 2.30. The molecular weight excluding hydrogens is 374 g/mol. The molecule has 6 nitrogen and oxygen atoms in total. The monoisotopic (exact) mass is 401 g/mol. The third-order valence-corrected chi connectivity index (χ3v) is 6.14. The number of hydrogen-bond donors (Lipinski definition) is 1. The molecule has 1 amide bonds. The highest BCUT2D eigenvalue weighted by atomic mass is 35.5. The summed E-state index contributed by atoms with van der Waals surface area (Å²) in [6.07, 6.45) is 4.76. The standard InChI is InChI=1S/C18H28ClN3O3S/c1-14-7-8-16(19)13-17(14)22(26(3,24)25)15(2)18(23)20-9-12-21-10-5-4-6-11-21/h7-8,13,15H,4-6,9-12H2,1-3H3,(H,20,23). The SMILES string of the molecule is Cc1ccc(Cl)cc1N(C(C)C(=O)NCCN1CCCCC1)S(C)(=O)=O. The van der Waals surface area contributed by atoms with Gasteiger partial charge in [0.1, 0.15) is 6.04 Å². The number of likely N-dealkylation sites (tertiary alicyclic amines) is 1. The molecule has 1 aliphatic rings. The van der Waals surface area contributed by atoms with Gasteiger partial charge in [0.2, 0.25) is 15.9 Å². The van der Waals surface area contributed by atoms with Gasteiger partial charge in [0.15, 0.2) is 0 Å². The number of sulfonamides is 1. The lowest BCUT2D eigenvalue weighted by atomic mass is 10.1. The van der Waals surface area contributed by atoms with Crippen molar-refractivity contribution in [1.29, 1.82) is 0 Å². The van der Waals surface area contributed by atoms with E-state index in [2.05, 4.69) is 10.2 Å². The molecule has 0 aliphatic carbocycles. The topological polar surface area (TPSA) is 69.7 Å². The van der Waals surface area contributed by atoms with Crippen molar-refractivity contribution in [2.24, 2.45) is 0 Å². The van der Waals surface area contributed by atoms with E-state index in [1.807, 2.05) is 0 Å². The Labute approximate surface area is 161 Å². The van der Waals surface area contributed by atoms with Gasteiger partial charge in [-0.1, -0.05) is 24.1 Å². The number of benzene rings is 1. The Balaban J connectivity index is 2.07. The second-order valence-electron chi connectivity index (χ2n) is 6.86. The van der Waals surface area contributed by atoms with Gasteiger partial charge in [-0.05, 0) is 57.5 Å². The number of halogens is 1. The minimum atomic E-state index is -3.64. The lowest BCUT2D eigenvalue weighted by Crippen LogP contribution is -2.49. The fraction of sp³-hybridized carbons (Fsp3) is 0.611. The van der Waals surface area contributed by atoms with Crippen molar-refractivity contribution in [2.45, 2.75) is 39.2 Å². The Bertz CT molecular complexity index is 733. The van der Waals surface area contributed by atoms with Gasteiger partial charge in [0.25, 0.3) is 0 Å². The molecule has 8 heteroatoms. The molecule has 1 aromatic rings. The first-order valence-electron chi connectivity index (χ1n) is 8.96.